The number of methoxy groups -OCH3 is 3. The first-order valence-corrected chi connectivity index (χ1v) is 5.94. The van der Waals surface area contributed by atoms with Gasteiger partial charge in [0.05, 0.1) is 21.3 Å². The number of carbonyl (C=O) groups excluding carboxylic acids is 1. The fraction of sp³-hybridized carbons (Fsp3) is 0.357. The van der Waals surface area contributed by atoms with Gasteiger partial charge in [0, 0.05) is 11.1 Å². The Morgan fingerprint density at radius 3 is 2.32 bits per heavy atom. The summed E-state index contributed by atoms with van der Waals surface area (Å²) in [6.07, 6.45) is 3.08. The van der Waals surface area contributed by atoms with Gasteiger partial charge in [-0.1, -0.05) is 0 Å². The van der Waals surface area contributed by atoms with Crippen LogP contribution in [0.4, 0.5) is 0 Å². The molecule has 1 aromatic carbocycles. The van der Waals surface area contributed by atoms with E-state index >= 15 is 0 Å². The summed E-state index contributed by atoms with van der Waals surface area (Å²) in [5, 5.41) is 0. The Kier molecular flexibility index (Phi) is 3.64. The number of hydrogen-bond acceptors (Lipinski definition) is 4. The molecule has 2 N–H and O–H groups in total. The van der Waals surface area contributed by atoms with E-state index in [1.54, 1.807) is 27.4 Å². The summed E-state index contributed by atoms with van der Waals surface area (Å²) in [4.78, 5) is 11.3. The third kappa shape index (κ3) is 2.23. The molecule has 0 bridgehead atoms. The Bertz CT molecular complexity index is 549. The number of hydrogen-bond donors (Lipinski definition) is 1. The standard InChI is InChI=1S/C14H17NO4/c1-17-11-7-9-6-8(14(15)16)4-5-10(9)12(18-2)13(11)19-3/h6-7H,4-5H2,1-3H3,(H2,15,16). The smallest absolute Gasteiger partial charge is 0.244 e. The van der Waals surface area contributed by atoms with Gasteiger partial charge in [0.25, 0.3) is 0 Å². The van der Waals surface area contributed by atoms with Gasteiger partial charge in [-0.2, -0.15) is 0 Å². The Morgan fingerprint density at radius 2 is 1.79 bits per heavy atom. The van der Waals surface area contributed by atoms with Crippen molar-refractivity contribution in [2.24, 2.45) is 5.73 Å². The second-order valence-electron chi connectivity index (χ2n) is 4.25. The van der Waals surface area contributed by atoms with E-state index in [0.717, 1.165) is 11.1 Å². The normalized spacial score (nSPS) is 13.3. The molecule has 0 saturated carbocycles. The monoisotopic (exact) mass is 263 g/mol. The molecule has 102 valence electrons. The Morgan fingerprint density at radius 1 is 1.11 bits per heavy atom. The van der Waals surface area contributed by atoms with Gasteiger partial charge < -0.3 is 19.9 Å². The first kappa shape index (κ1) is 13.3. The van der Waals surface area contributed by atoms with Crippen molar-refractivity contribution in [3.05, 3.63) is 22.8 Å². The number of nitrogens with two attached hydrogens (primary N) is 1. The molecule has 2 rings (SSSR count). The zero-order valence-corrected chi connectivity index (χ0v) is 11.3. The second kappa shape index (κ2) is 5.22. The van der Waals surface area contributed by atoms with Crippen LogP contribution < -0.4 is 19.9 Å². The van der Waals surface area contributed by atoms with Gasteiger partial charge >= 0.3 is 0 Å². The lowest BCUT2D eigenvalue weighted by Gasteiger charge is -2.21. The summed E-state index contributed by atoms with van der Waals surface area (Å²) in [7, 11) is 4.72. The van der Waals surface area contributed by atoms with Crippen LogP contribution in [0.2, 0.25) is 0 Å². The maximum absolute atomic E-state index is 11.3. The van der Waals surface area contributed by atoms with E-state index in [0.29, 0.717) is 35.7 Å². The molecule has 1 aliphatic rings. The molecule has 1 aliphatic carbocycles. The van der Waals surface area contributed by atoms with Gasteiger partial charge in [-0.15, -0.1) is 0 Å². The number of fused-ring (bicyclic) bond motifs is 1. The van der Waals surface area contributed by atoms with Gasteiger partial charge in [-0.05, 0) is 30.5 Å². The molecule has 19 heavy (non-hydrogen) atoms. The molecule has 5 nitrogen and oxygen atoms in total. The van der Waals surface area contributed by atoms with Crippen LogP contribution in [0, 0.1) is 0 Å². The van der Waals surface area contributed by atoms with Crippen LogP contribution >= 0.6 is 0 Å². The number of carbonyl (C=O) groups is 1. The Hall–Kier alpha value is -2.17. The van der Waals surface area contributed by atoms with Crippen LogP contribution in [0.15, 0.2) is 11.6 Å². The second-order valence-corrected chi connectivity index (χ2v) is 4.25. The minimum atomic E-state index is -0.389. The molecule has 0 aromatic heterocycles. The zero-order valence-electron chi connectivity index (χ0n) is 11.3. The molecule has 0 atom stereocenters. The SMILES string of the molecule is COc1cc2c(c(OC)c1OC)CCC(C(N)=O)=C2. The van der Waals surface area contributed by atoms with E-state index in [4.69, 9.17) is 19.9 Å². The molecule has 5 heteroatoms. The molecule has 0 heterocycles. The van der Waals surface area contributed by atoms with Crippen molar-refractivity contribution < 1.29 is 19.0 Å². The van der Waals surface area contributed by atoms with Crippen LogP contribution in [0.25, 0.3) is 6.08 Å². The summed E-state index contributed by atoms with van der Waals surface area (Å²) in [6, 6.07) is 1.83. The summed E-state index contributed by atoms with van der Waals surface area (Å²) < 4.78 is 16.0. The van der Waals surface area contributed by atoms with E-state index in [2.05, 4.69) is 0 Å². The first-order chi connectivity index (χ1) is 9.12. The lowest BCUT2D eigenvalue weighted by Crippen LogP contribution is -2.17. The maximum Gasteiger partial charge on any atom is 0.244 e. The average Bonchev–Trinajstić information content (AvgIpc) is 2.43. The molecule has 0 fully saturated rings. The predicted molar refractivity (Wildman–Crippen MR) is 71.6 cm³/mol. The van der Waals surface area contributed by atoms with Crippen molar-refractivity contribution >= 4 is 12.0 Å². The van der Waals surface area contributed by atoms with Gasteiger partial charge in [-0.3, -0.25) is 4.79 Å². The van der Waals surface area contributed by atoms with Crippen LogP contribution in [-0.4, -0.2) is 27.2 Å². The van der Waals surface area contributed by atoms with E-state index in [1.165, 1.54) is 0 Å². The highest BCUT2D eigenvalue weighted by atomic mass is 16.5. The van der Waals surface area contributed by atoms with Crippen molar-refractivity contribution in [2.75, 3.05) is 21.3 Å². The topological polar surface area (TPSA) is 70.8 Å². The minimum Gasteiger partial charge on any atom is -0.493 e. The van der Waals surface area contributed by atoms with Crippen molar-refractivity contribution in [1.82, 2.24) is 0 Å². The zero-order chi connectivity index (χ0) is 14.0. The summed E-state index contributed by atoms with van der Waals surface area (Å²) >= 11 is 0. The van der Waals surface area contributed by atoms with Gasteiger partial charge in [0.1, 0.15) is 0 Å². The highest BCUT2D eigenvalue weighted by Gasteiger charge is 2.23. The van der Waals surface area contributed by atoms with E-state index in [-0.39, 0.29) is 5.91 Å². The van der Waals surface area contributed by atoms with E-state index in [9.17, 15) is 4.79 Å². The van der Waals surface area contributed by atoms with Crippen LogP contribution in [0.3, 0.4) is 0 Å². The summed E-state index contributed by atoms with van der Waals surface area (Å²) in [6.45, 7) is 0. The number of ether oxygens (including phenoxy) is 3. The van der Waals surface area contributed by atoms with Crippen LogP contribution in [0.5, 0.6) is 17.2 Å². The average molecular weight is 263 g/mol. The van der Waals surface area contributed by atoms with Gasteiger partial charge in [-0.25, -0.2) is 0 Å². The van der Waals surface area contributed by atoms with Crippen molar-refractivity contribution in [2.45, 2.75) is 12.8 Å². The highest BCUT2D eigenvalue weighted by molar-refractivity contribution is 5.97. The maximum atomic E-state index is 11.3. The third-order valence-corrected chi connectivity index (χ3v) is 3.26. The quantitative estimate of drug-likeness (QED) is 0.894. The van der Waals surface area contributed by atoms with E-state index < -0.39 is 0 Å². The van der Waals surface area contributed by atoms with E-state index in [1.807, 2.05) is 6.07 Å². The first-order valence-electron chi connectivity index (χ1n) is 5.94. The summed E-state index contributed by atoms with van der Waals surface area (Å²) in [5.74, 6) is 1.40. The van der Waals surface area contributed by atoms with Crippen LogP contribution in [0.1, 0.15) is 17.5 Å². The van der Waals surface area contributed by atoms with Crippen molar-refractivity contribution in [3.63, 3.8) is 0 Å². The summed E-state index contributed by atoms with van der Waals surface area (Å²) in [5.41, 5.74) is 7.83. The molecular formula is C14H17NO4. The molecule has 0 aliphatic heterocycles. The fourth-order valence-electron chi connectivity index (χ4n) is 2.34. The lowest BCUT2D eigenvalue weighted by atomic mass is 9.90. The van der Waals surface area contributed by atoms with Gasteiger partial charge in [0.2, 0.25) is 11.7 Å². The number of amides is 1. The predicted octanol–water partition coefficient (Wildman–Crippen LogP) is 1.53. The third-order valence-electron chi connectivity index (χ3n) is 3.26. The molecule has 0 spiro atoms. The Labute approximate surface area is 111 Å². The fourth-order valence-corrected chi connectivity index (χ4v) is 2.34. The molecule has 1 amide bonds. The van der Waals surface area contributed by atoms with Crippen LogP contribution in [-0.2, 0) is 11.2 Å². The minimum absolute atomic E-state index is 0.389. The number of primary amides is 1. The molecule has 0 radical (unpaired) electrons. The molecular weight excluding hydrogens is 246 g/mol. The largest absolute Gasteiger partial charge is 0.493 e. The Balaban J connectivity index is 2.64. The number of rotatable bonds is 4. The molecule has 0 saturated heterocycles. The number of benzene rings is 1. The van der Waals surface area contributed by atoms with Crippen molar-refractivity contribution in [1.29, 1.82) is 0 Å². The molecule has 1 aromatic rings. The van der Waals surface area contributed by atoms with Crippen molar-refractivity contribution in [3.8, 4) is 17.2 Å². The van der Waals surface area contributed by atoms with Gasteiger partial charge in [0.15, 0.2) is 11.5 Å². The molecule has 0 unspecified atom stereocenters. The lowest BCUT2D eigenvalue weighted by molar-refractivity contribution is -0.114. The highest BCUT2D eigenvalue weighted by Crippen LogP contribution is 2.44.